The fourth-order valence-electron chi connectivity index (χ4n) is 2.34. The Kier molecular flexibility index (Phi) is 8.45. The molecule has 0 spiro atoms. The molecular weight excluding hydrogens is 360 g/mol. The molecule has 150 valence electrons. The molecule has 0 aliphatic rings. The number of amides is 2. The van der Waals surface area contributed by atoms with Crippen LogP contribution in [0.4, 0.5) is 21.0 Å². The largest absolute Gasteiger partial charge is 0.412 e. The number of nitrogens with one attached hydrogen (secondary N) is 2. The molecule has 8 nitrogen and oxygen atoms in total. The highest BCUT2D eigenvalue weighted by Crippen LogP contribution is 2.14. The average Bonchev–Trinajstić information content (AvgIpc) is 2.67. The van der Waals surface area contributed by atoms with Crippen molar-refractivity contribution in [1.29, 1.82) is 0 Å². The molecule has 6 N–H and O–H groups in total. The number of carbonyl (C=O) groups is 2. The van der Waals surface area contributed by atoms with E-state index in [2.05, 4.69) is 10.6 Å². The van der Waals surface area contributed by atoms with Gasteiger partial charge in [0.1, 0.15) is 11.5 Å². The third-order valence-corrected chi connectivity index (χ3v) is 3.82. The zero-order valence-corrected chi connectivity index (χ0v) is 15.6. The molecule has 0 aromatic heterocycles. The number of hydrogen-bond acceptors (Lipinski definition) is 6. The molecule has 0 saturated carbocycles. The van der Waals surface area contributed by atoms with Crippen molar-refractivity contribution >= 4 is 23.6 Å². The zero-order chi connectivity index (χ0) is 20.2. The minimum Gasteiger partial charge on any atom is -0.410 e. The van der Waals surface area contributed by atoms with Crippen LogP contribution in [0.5, 0.6) is 11.5 Å². The van der Waals surface area contributed by atoms with Crippen molar-refractivity contribution in [2.75, 3.05) is 24.6 Å². The van der Waals surface area contributed by atoms with Gasteiger partial charge in [-0.3, -0.25) is 0 Å². The number of nitrogen functional groups attached to an aromatic ring is 2. The van der Waals surface area contributed by atoms with Gasteiger partial charge in [-0.25, -0.2) is 9.59 Å². The van der Waals surface area contributed by atoms with Gasteiger partial charge in [0, 0.05) is 24.5 Å². The molecule has 0 heterocycles. The van der Waals surface area contributed by atoms with E-state index in [1.165, 1.54) is 0 Å². The summed E-state index contributed by atoms with van der Waals surface area (Å²) >= 11 is 0. The van der Waals surface area contributed by atoms with Crippen molar-refractivity contribution in [1.82, 2.24) is 10.6 Å². The Bertz CT molecular complexity index is 682. The van der Waals surface area contributed by atoms with Crippen LogP contribution < -0.4 is 31.6 Å². The van der Waals surface area contributed by atoms with Crippen molar-refractivity contribution in [3.8, 4) is 11.5 Å². The molecule has 28 heavy (non-hydrogen) atoms. The minimum atomic E-state index is -0.489. The van der Waals surface area contributed by atoms with Crippen LogP contribution in [0.3, 0.4) is 0 Å². The van der Waals surface area contributed by atoms with Crippen LogP contribution in [0.1, 0.15) is 25.7 Å². The fourth-order valence-corrected chi connectivity index (χ4v) is 2.34. The van der Waals surface area contributed by atoms with Gasteiger partial charge in [0.25, 0.3) is 0 Å². The molecule has 2 rings (SSSR count). The lowest BCUT2D eigenvalue weighted by atomic mass is 10.2. The van der Waals surface area contributed by atoms with E-state index in [1.807, 2.05) is 0 Å². The Morgan fingerprint density at radius 3 is 1.36 bits per heavy atom. The average molecular weight is 386 g/mol. The topological polar surface area (TPSA) is 129 Å². The summed E-state index contributed by atoms with van der Waals surface area (Å²) in [5.41, 5.74) is 12.4. The molecule has 0 aliphatic carbocycles. The smallest absolute Gasteiger partial charge is 0.410 e. The molecule has 2 aromatic rings. The lowest BCUT2D eigenvalue weighted by molar-refractivity contribution is 0.198. The number of rotatable bonds is 9. The lowest BCUT2D eigenvalue weighted by Crippen LogP contribution is -2.28. The van der Waals surface area contributed by atoms with Crippen LogP contribution in [0.25, 0.3) is 0 Å². The molecule has 2 aromatic carbocycles. The van der Waals surface area contributed by atoms with Gasteiger partial charge >= 0.3 is 12.2 Å². The van der Waals surface area contributed by atoms with E-state index >= 15 is 0 Å². The number of benzene rings is 2. The van der Waals surface area contributed by atoms with Crippen LogP contribution >= 0.6 is 0 Å². The highest BCUT2D eigenvalue weighted by atomic mass is 16.6. The van der Waals surface area contributed by atoms with Crippen molar-refractivity contribution in [2.45, 2.75) is 25.7 Å². The molecule has 8 heteroatoms. The summed E-state index contributed by atoms with van der Waals surface area (Å²) in [6.07, 6.45) is 2.53. The number of hydrogen-bond donors (Lipinski definition) is 4. The van der Waals surface area contributed by atoms with Gasteiger partial charge in [0.15, 0.2) is 0 Å². The molecule has 0 atom stereocenters. The molecule has 0 unspecified atom stereocenters. The van der Waals surface area contributed by atoms with Gasteiger partial charge in [-0.05, 0) is 61.4 Å². The number of carbonyl (C=O) groups excluding carboxylic acids is 2. The summed E-state index contributed by atoms with van der Waals surface area (Å²) in [7, 11) is 0. The maximum absolute atomic E-state index is 11.6. The van der Waals surface area contributed by atoms with E-state index < -0.39 is 12.2 Å². The standard InChI is InChI=1S/C20H26N4O4/c21-15-5-9-17(10-6-15)27-19(25)23-13-3-1-2-4-14-24-20(26)28-18-11-7-16(22)8-12-18/h5-12H,1-4,13-14,21-22H2,(H,23,25)(H,24,26). The third-order valence-electron chi connectivity index (χ3n) is 3.82. The van der Waals surface area contributed by atoms with Crippen LogP contribution in [-0.2, 0) is 0 Å². The lowest BCUT2D eigenvalue weighted by Gasteiger charge is -2.08. The van der Waals surface area contributed by atoms with Crippen molar-refractivity contribution in [2.24, 2.45) is 0 Å². The summed E-state index contributed by atoms with van der Waals surface area (Å²) in [4.78, 5) is 23.3. The molecular formula is C20H26N4O4. The second-order valence-corrected chi connectivity index (χ2v) is 6.18. The number of nitrogens with two attached hydrogens (primary N) is 2. The van der Waals surface area contributed by atoms with E-state index in [9.17, 15) is 9.59 Å². The van der Waals surface area contributed by atoms with Gasteiger partial charge in [0.05, 0.1) is 0 Å². The van der Waals surface area contributed by atoms with E-state index in [0.29, 0.717) is 36.0 Å². The highest BCUT2D eigenvalue weighted by molar-refractivity contribution is 5.70. The van der Waals surface area contributed by atoms with Gasteiger partial charge in [-0.15, -0.1) is 0 Å². The predicted octanol–water partition coefficient (Wildman–Crippen LogP) is 3.29. The maximum atomic E-state index is 11.6. The monoisotopic (exact) mass is 386 g/mol. The molecule has 0 fully saturated rings. The van der Waals surface area contributed by atoms with E-state index in [0.717, 1.165) is 25.7 Å². The Morgan fingerprint density at radius 1 is 0.643 bits per heavy atom. The van der Waals surface area contributed by atoms with E-state index in [1.54, 1.807) is 48.5 Å². The second-order valence-electron chi connectivity index (χ2n) is 6.18. The fraction of sp³-hybridized carbons (Fsp3) is 0.300. The van der Waals surface area contributed by atoms with Crippen LogP contribution in [0, 0.1) is 0 Å². The quantitative estimate of drug-likeness (QED) is 0.387. The van der Waals surface area contributed by atoms with Crippen molar-refractivity contribution in [3.63, 3.8) is 0 Å². The molecule has 0 bridgehead atoms. The maximum Gasteiger partial charge on any atom is 0.412 e. The summed E-state index contributed by atoms with van der Waals surface area (Å²) < 4.78 is 10.2. The Balaban J connectivity index is 1.45. The van der Waals surface area contributed by atoms with E-state index in [4.69, 9.17) is 20.9 Å². The predicted molar refractivity (Wildman–Crippen MR) is 108 cm³/mol. The normalized spacial score (nSPS) is 10.1. The van der Waals surface area contributed by atoms with Crippen molar-refractivity contribution in [3.05, 3.63) is 48.5 Å². The second kappa shape index (κ2) is 11.3. The molecule has 0 radical (unpaired) electrons. The van der Waals surface area contributed by atoms with Crippen LogP contribution in [-0.4, -0.2) is 25.3 Å². The minimum absolute atomic E-state index is 0.448. The highest BCUT2D eigenvalue weighted by Gasteiger charge is 2.04. The summed E-state index contributed by atoms with van der Waals surface area (Å²) in [6.45, 7) is 1.06. The van der Waals surface area contributed by atoms with E-state index in [-0.39, 0.29) is 0 Å². The Hall–Kier alpha value is -3.42. The summed E-state index contributed by atoms with van der Waals surface area (Å²) in [5.74, 6) is 0.896. The van der Waals surface area contributed by atoms with Gasteiger partial charge in [-0.1, -0.05) is 12.8 Å². The zero-order valence-electron chi connectivity index (χ0n) is 15.6. The summed E-state index contributed by atoms with van der Waals surface area (Å²) in [6, 6.07) is 13.2. The van der Waals surface area contributed by atoms with Gasteiger partial charge in [0.2, 0.25) is 0 Å². The SMILES string of the molecule is Nc1ccc(OC(=O)NCCCCCCNC(=O)Oc2ccc(N)cc2)cc1. The van der Waals surface area contributed by atoms with Gasteiger partial charge < -0.3 is 31.6 Å². The van der Waals surface area contributed by atoms with Crippen LogP contribution in [0.2, 0.25) is 0 Å². The molecule has 0 saturated heterocycles. The Labute approximate surface area is 164 Å². The number of anilines is 2. The first-order valence-corrected chi connectivity index (χ1v) is 9.15. The number of unbranched alkanes of at least 4 members (excludes halogenated alkanes) is 3. The first-order chi connectivity index (χ1) is 13.5. The molecule has 2 amide bonds. The molecule has 0 aliphatic heterocycles. The van der Waals surface area contributed by atoms with Crippen molar-refractivity contribution < 1.29 is 19.1 Å². The number of ether oxygens (including phenoxy) is 2. The van der Waals surface area contributed by atoms with Crippen LogP contribution in [0.15, 0.2) is 48.5 Å². The Morgan fingerprint density at radius 2 is 1.00 bits per heavy atom. The summed E-state index contributed by atoms with van der Waals surface area (Å²) in [5, 5.41) is 5.39. The third kappa shape index (κ3) is 8.31. The first-order valence-electron chi connectivity index (χ1n) is 9.15. The first kappa shape index (κ1) is 20.9. The van der Waals surface area contributed by atoms with Gasteiger partial charge in [-0.2, -0.15) is 0 Å².